The summed E-state index contributed by atoms with van der Waals surface area (Å²) in [5, 5.41) is 3.24. The second-order valence-electron chi connectivity index (χ2n) is 7.51. The van der Waals surface area contributed by atoms with Crippen LogP contribution in [0.3, 0.4) is 0 Å². The zero-order chi connectivity index (χ0) is 21.8. The van der Waals surface area contributed by atoms with E-state index in [1.807, 2.05) is 13.0 Å². The van der Waals surface area contributed by atoms with E-state index in [2.05, 4.69) is 24.9 Å². The van der Waals surface area contributed by atoms with Crippen LogP contribution in [-0.2, 0) is 15.8 Å². The summed E-state index contributed by atoms with van der Waals surface area (Å²) in [6, 6.07) is 14.6. The Morgan fingerprint density at radius 1 is 1.00 bits per heavy atom. The smallest absolute Gasteiger partial charge is 0.237 e. The number of aryl methyl sites for hydroxylation is 1. The Bertz CT molecular complexity index is 1160. The molecule has 1 aliphatic heterocycles. The lowest BCUT2D eigenvalue weighted by atomic mass is 10.2. The second-order valence-corrected chi connectivity index (χ2v) is 9.23. The Hall–Kier alpha value is -3.20. The van der Waals surface area contributed by atoms with Crippen LogP contribution in [0.15, 0.2) is 54.6 Å². The van der Waals surface area contributed by atoms with Crippen molar-refractivity contribution in [3.8, 4) is 0 Å². The molecule has 3 aromatic rings. The molecule has 0 atom stereocenters. The molecule has 1 fully saturated rings. The van der Waals surface area contributed by atoms with Crippen molar-refractivity contribution in [3.63, 3.8) is 0 Å². The van der Waals surface area contributed by atoms with Crippen molar-refractivity contribution in [1.82, 2.24) is 9.97 Å². The Labute approximate surface area is 181 Å². The molecule has 0 unspecified atom stereocenters. The maximum atomic E-state index is 13.8. The van der Waals surface area contributed by atoms with Crippen LogP contribution in [0.5, 0.6) is 0 Å². The van der Waals surface area contributed by atoms with Crippen LogP contribution in [0.2, 0.25) is 0 Å². The number of anilines is 4. The first-order valence-electron chi connectivity index (χ1n) is 10.1. The van der Waals surface area contributed by atoms with E-state index >= 15 is 0 Å². The number of nitrogens with zero attached hydrogens (tertiary/aromatic N) is 3. The summed E-state index contributed by atoms with van der Waals surface area (Å²) in [7, 11) is -3.74. The average molecular weight is 442 g/mol. The Morgan fingerprint density at radius 3 is 2.39 bits per heavy atom. The molecule has 162 valence electrons. The van der Waals surface area contributed by atoms with Gasteiger partial charge in [0, 0.05) is 36.1 Å². The molecule has 9 heteroatoms. The lowest BCUT2D eigenvalue weighted by molar-refractivity contribution is 0.591. The molecule has 0 saturated carbocycles. The number of aromatic nitrogens is 2. The number of halogens is 1. The monoisotopic (exact) mass is 441 g/mol. The maximum Gasteiger partial charge on any atom is 0.237 e. The molecular weight excluding hydrogens is 417 g/mol. The van der Waals surface area contributed by atoms with Crippen LogP contribution in [0.25, 0.3) is 0 Å². The second kappa shape index (κ2) is 8.89. The van der Waals surface area contributed by atoms with E-state index in [-0.39, 0.29) is 5.56 Å². The fourth-order valence-electron chi connectivity index (χ4n) is 3.53. The van der Waals surface area contributed by atoms with Crippen molar-refractivity contribution in [1.29, 1.82) is 0 Å². The van der Waals surface area contributed by atoms with Gasteiger partial charge in [0.2, 0.25) is 10.0 Å². The molecule has 1 saturated heterocycles. The summed E-state index contributed by atoms with van der Waals surface area (Å²) in [4.78, 5) is 11.2. The van der Waals surface area contributed by atoms with Gasteiger partial charge in [-0.1, -0.05) is 18.2 Å². The summed E-state index contributed by atoms with van der Waals surface area (Å²) in [5.74, 6) is 1.30. The fourth-order valence-corrected chi connectivity index (χ4v) is 4.74. The first-order valence-corrected chi connectivity index (χ1v) is 11.7. The van der Waals surface area contributed by atoms with Gasteiger partial charge < -0.3 is 10.2 Å². The molecule has 0 radical (unpaired) electrons. The van der Waals surface area contributed by atoms with Gasteiger partial charge in [-0.05, 0) is 50.1 Å². The maximum absolute atomic E-state index is 13.8. The van der Waals surface area contributed by atoms with Gasteiger partial charge in [-0.2, -0.15) is 0 Å². The molecule has 4 rings (SSSR count). The predicted molar refractivity (Wildman–Crippen MR) is 121 cm³/mol. The highest BCUT2D eigenvalue weighted by Crippen LogP contribution is 2.24. The van der Waals surface area contributed by atoms with Crippen LogP contribution >= 0.6 is 0 Å². The van der Waals surface area contributed by atoms with Crippen molar-refractivity contribution >= 4 is 33.0 Å². The van der Waals surface area contributed by atoms with Gasteiger partial charge in [-0.15, -0.1) is 0 Å². The lowest BCUT2D eigenvalue weighted by Crippen LogP contribution is -2.19. The standard InChI is InChI=1S/C22H24FN5O2S/c1-16-24-21(14-22(25-16)28-12-4-5-13-28)26-18-8-10-19(11-9-18)27-31(29,30)15-17-6-2-3-7-20(17)23/h2-3,6-11,14,27H,4-5,12-13,15H2,1H3,(H,24,25,26). The molecule has 2 N–H and O–H groups in total. The molecule has 0 spiro atoms. The van der Waals surface area contributed by atoms with E-state index in [0.717, 1.165) is 24.6 Å². The van der Waals surface area contributed by atoms with Crippen molar-refractivity contribution < 1.29 is 12.8 Å². The van der Waals surface area contributed by atoms with Gasteiger partial charge in [0.15, 0.2) is 0 Å². The van der Waals surface area contributed by atoms with Crippen LogP contribution in [0.4, 0.5) is 27.4 Å². The molecule has 0 amide bonds. The highest BCUT2D eigenvalue weighted by molar-refractivity contribution is 7.91. The van der Waals surface area contributed by atoms with Gasteiger partial charge in [0.05, 0.1) is 5.75 Å². The number of hydrogen-bond acceptors (Lipinski definition) is 6. The van der Waals surface area contributed by atoms with Gasteiger partial charge >= 0.3 is 0 Å². The first kappa shape index (κ1) is 21.0. The van der Waals surface area contributed by atoms with Crippen LogP contribution in [-0.4, -0.2) is 31.5 Å². The van der Waals surface area contributed by atoms with E-state index in [1.54, 1.807) is 30.3 Å². The van der Waals surface area contributed by atoms with Crippen molar-refractivity contribution in [2.75, 3.05) is 28.0 Å². The largest absolute Gasteiger partial charge is 0.356 e. The average Bonchev–Trinajstić information content (AvgIpc) is 3.25. The third kappa shape index (κ3) is 5.49. The lowest BCUT2D eigenvalue weighted by Gasteiger charge is -2.18. The fraction of sp³-hybridized carbons (Fsp3) is 0.273. The van der Waals surface area contributed by atoms with E-state index in [0.29, 0.717) is 17.3 Å². The highest BCUT2D eigenvalue weighted by atomic mass is 32.2. The molecule has 31 heavy (non-hydrogen) atoms. The minimum Gasteiger partial charge on any atom is -0.356 e. The van der Waals surface area contributed by atoms with Crippen LogP contribution in [0.1, 0.15) is 24.2 Å². The molecule has 1 aromatic heterocycles. The van der Waals surface area contributed by atoms with Gasteiger partial charge in [-0.3, -0.25) is 4.72 Å². The molecule has 0 aliphatic carbocycles. The molecule has 0 bridgehead atoms. The quantitative estimate of drug-likeness (QED) is 0.571. The Morgan fingerprint density at radius 2 is 1.68 bits per heavy atom. The first-order chi connectivity index (χ1) is 14.9. The summed E-state index contributed by atoms with van der Waals surface area (Å²) < 4.78 is 41.0. The number of rotatable bonds is 7. The van der Waals surface area contributed by atoms with Crippen molar-refractivity contribution in [2.45, 2.75) is 25.5 Å². The predicted octanol–water partition coefficient (Wildman–Crippen LogP) is 4.21. The Balaban J connectivity index is 1.43. The molecule has 2 heterocycles. The van der Waals surface area contributed by atoms with Crippen LogP contribution < -0.4 is 14.9 Å². The van der Waals surface area contributed by atoms with Gasteiger partial charge in [0.25, 0.3) is 0 Å². The molecule has 7 nitrogen and oxygen atoms in total. The summed E-state index contributed by atoms with van der Waals surface area (Å²) in [5.41, 5.74) is 1.29. The third-order valence-electron chi connectivity index (χ3n) is 4.99. The number of sulfonamides is 1. The summed E-state index contributed by atoms with van der Waals surface area (Å²) in [6.45, 7) is 3.85. The molecule has 2 aromatic carbocycles. The topological polar surface area (TPSA) is 87.2 Å². The van der Waals surface area contributed by atoms with Gasteiger partial charge in [-0.25, -0.2) is 22.8 Å². The summed E-state index contributed by atoms with van der Waals surface area (Å²) in [6.07, 6.45) is 2.33. The zero-order valence-electron chi connectivity index (χ0n) is 17.2. The minimum absolute atomic E-state index is 0.126. The number of benzene rings is 2. The van der Waals surface area contributed by atoms with E-state index in [4.69, 9.17) is 0 Å². The Kier molecular flexibility index (Phi) is 6.03. The molecular formula is C22H24FN5O2S. The van der Waals surface area contributed by atoms with Crippen molar-refractivity contribution in [2.24, 2.45) is 0 Å². The summed E-state index contributed by atoms with van der Waals surface area (Å²) >= 11 is 0. The third-order valence-corrected chi connectivity index (χ3v) is 6.23. The van der Waals surface area contributed by atoms with Gasteiger partial charge in [0.1, 0.15) is 23.3 Å². The SMILES string of the molecule is Cc1nc(Nc2ccc(NS(=O)(=O)Cc3ccccc3F)cc2)cc(N2CCCC2)n1. The van der Waals surface area contributed by atoms with E-state index in [1.165, 1.54) is 31.0 Å². The van der Waals surface area contributed by atoms with E-state index in [9.17, 15) is 12.8 Å². The zero-order valence-corrected chi connectivity index (χ0v) is 18.0. The number of nitrogens with one attached hydrogen (secondary N) is 2. The minimum atomic E-state index is -3.74. The molecule has 1 aliphatic rings. The highest BCUT2D eigenvalue weighted by Gasteiger charge is 2.16. The van der Waals surface area contributed by atoms with Crippen molar-refractivity contribution in [3.05, 3.63) is 71.8 Å². The van der Waals surface area contributed by atoms with Crippen LogP contribution in [0, 0.1) is 12.7 Å². The normalized spacial score (nSPS) is 13.9. The number of hydrogen-bond donors (Lipinski definition) is 2. The van der Waals surface area contributed by atoms with E-state index < -0.39 is 21.6 Å².